The molecule has 1 atom stereocenters. The number of hydrogen-bond donors (Lipinski definition) is 1. The molecule has 1 fully saturated rings. The Kier molecular flexibility index (Phi) is 5.07. The number of halogens is 2. The molecule has 2 heterocycles. The Morgan fingerprint density at radius 1 is 1.38 bits per heavy atom. The van der Waals surface area contributed by atoms with E-state index < -0.39 is 5.82 Å². The molecule has 1 amide bonds. The van der Waals surface area contributed by atoms with E-state index in [9.17, 15) is 9.18 Å². The molecule has 0 unspecified atom stereocenters. The van der Waals surface area contributed by atoms with Gasteiger partial charge in [0.1, 0.15) is 23.1 Å². The van der Waals surface area contributed by atoms with Crippen molar-refractivity contribution in [3.05, 3.63) is 58.8 Å². The van der Waals surface area contributed by atoms with Crippen molar-refractivity contribution in [2.75, 3.05) is 0 Å². The Labute approximate surface area is 171 Å². The number of nitriles is 1. The van der Waals surface area contributed by atoms with Crippen molar-refractivity contribution in [2.45, 2.75) is 38.4 Å². The summed E-state index contributed by atoms with van der Waals surface area (Å²) in [6.07, 6.45) is 5.78. The van der Waals surface area contributed by atoms with Crippen molar-refractivity contribution in [1.29, 1.82) is 5.26 Å². The van der Waals surface area contributed by atoms with E-state index in [1.54, 1.807) is 29.1 Å². The fourth-order valence-electron chi connectivity index (χ4n) is 3.07. The van der Waals surface area contributed by atoms with Crippen LogP contribution in [0.3, 0.4) is 0 Å². The summed E-state index contributed by atoms with van der Waals surface area (Å²) in [4.78, 5) is 12.4. The van der Waals surface area contributed by atoms with Crippen LogP contribution in [0.5, 0.6) is 0 Å². The molecule has 0 aliphatic heterocycles. The van der Waals surface area contributed by atoms with Gasteiger partial charge in [0, 0.05) is 24.0 Å². The van der Waals surface area contributed by atoms with Gasteiger partial charge in [-0.25, -0.2) is 4.39 Å². The van der Waals surface area contributed by atoms with Crippen LogP contribution in [-0.4, -0.2) is 31.5 Å². The maximum absolute atomic E-state index is 14.0. The van der Waals surface area contributed by atoms with E-state index in [-0.39, 0.29) is 22.5 Å². The van der Waals surface area contributed by atoms with Crippen molar-refractivity contribution in [2.24, 2.45) is 0 Å². The highest BCUT2D eigenvalue weighted by atomic mass is 35.5. The minimum atomic E-state index is -0.684. The van der Waals surface area contributed by atoms with Gasteiger partial charge in [-0.1, -0.05) is 11.6 Å². The van der Waals surface area contributed by atoms with Crippen molar-refractivity contribution in [3.8, 4) is 17.3 Å². The zero-order chi connectivity index (χ0) is 20.5. The number of aromatic nitrogens is 4. The Balaban J connectivity index is 1.40. The Morgan fingerprint density at radius 3 is 2.86 bits per heavy atom. The average molecular weight is 413 g/mol. The van der Waals surface area contributed by atoms with E-state index in [1.165, 1.54) is 12.1 Å². The number of nitrogens with one attached hydrogen (secondary N) is 1. The molecule has 0 spiro atoms. The van der Waals surface area contributed by atoms with Gasteiger partial charge in [-0.3, -0.25) is 14.2 Å². The lowest BCUT2D eigenvalue weighted by molar-refractivity contribution is 0.0930. The maximum Gasteiger partial charge on any atom is 0.272 e. The van der Waals surface area contributed by atoms with Gasteiger partial charge >= 0.3 is 0 Å². The molecule has 0 radical (unpaired) electrons. The van der Waals surface area contributed by atoms with Crippen LogP contribution in [0.4, 0.5) is 4.39 Å². The first-order valence-electron chi connectivity index (χ1n) is 9.23. The summed E-state index contributed by atoms with van der Waals surface area (Å²) >= 11 is 5.96. The van der Waals surface area contributed by atoms with Gasteiger partial charge in [-0.05, 0) is 44.0 Å². The number of nitrogens with zero attached hydrogens (tertiary/aromatic N) is 5. The zero-order valence-electron chi connectivity index (χ0n) is 15.6. The number of rotatable bonds is 6. The van der Waals surface area contributed by atoms with Crippen molar-refractivity contribution in [1.82, 2.24) is 24.9 Å². The molecule has 1 aliphatic carbocycles. The Morgan fingerprint density at radius 2 is 2.17 bits per heavy atom. The smallest absolute Gasteiger partial charge is 0.272 e. The molecule has 0 bridgehead atoms. The molecule has 0 saturated heterocycles. The molecular formula is C20H18ClFN6O. The summed E-state index contributed by atoms with van der Waals surface area (Å²) in [7, 11) is 0. The molecule has 3 aromatic rings. The molecule has 1 aliphatic rings. The van der Waals surface area contributed by atoms with Crippen LogP contribution >= 0.6 is 11.6 Å². The number of hydrogen-bond acceptors (Lipinski definition) is 4. The summed E-state index contributed by atoms with van der Waals surface area (Å²) in [5, 5.41) is 20.6. The third-order valence-electron chi connectivity index (χ3n) is 4.69. The Bertz CT molecular complexity index is 1090. The van der Waals surface area contributed by atoms with Gasteiger partial charge in [0.25, 0.3) is 5.91 Å². The van der Waals surface area contributed by atoms with E-state index in [0.29, 0.717) is 29.5 Å². The lowest BCUT2D eigenvalue weighted by Crippen LogP contribution is -2.36. The van der Waals surface area contributed by atoms with Crippen LogP contribution in [0.15, 0.2) is 36.7 Å². The summed E-state index contributed by atoms with van der Waals surface area (Å²) in [5.74, 6) is -0.916. The second kappa shape index (κ2) is 7.68. The van der Waals surface area contributed by atoms with E-state index in [4.69, 9.17) is 16.9 Å². The predicted molar refractivity (Wildman–Crippen MR) is 105 cm³/mol. The second-order valence-electron chi connectivity index (χ2n) is 7.14. The molecule has 1 saturated carbocycles. The third kappa shape index (κ3) is 4.15. The highest BCUT2D eigenvalue weighted by Gasteiger charge is 2.25. The third-order valence-corrected chi connectivity index (χ3v) is 4.99. The first-order chi connectivity index (χ1) is 13.9. The van der Waals surface area contributed by atoms with Crippen molar-refractivity contribution < 1.29 is 9.18 Å². The summed E-state index contributed by atoms with van der Waals surface area (Å²) in [6, 6.07) is 8.16. The average Bonchev–Trinajstić information content (AvgIpc) is 3.22. The van der Waals surface area contributed by atoms with Crippen LogP contribution in [0.1, 0.15) is 41.9 Å². The molecule has 9 heteroatoms. The fraction of sp³-hybridized carbons (Fsp3) is 0.300. The quantitative estimate of drug-likeness (QED) is 0.670. The zero-order valence-corrected chi connectivity index (χ0v) is 16.4. The number of carbonyl (C=O) groups excluding carboxylic acids is 1. The lowest BCUT2D eigenvalue weighted by Gasteiger charge is -2.13. The molecule has 7 nitrogen and oxygen atoms in total. The minimum absolute atomic E-state index is 0.0447. The molecule has 2 aromatic heterocycles. The highest BCUT2D eigenvalue weighted by molar-refractivity contribution is 6.32. The largest absolute Gasteiger partial charge is 0.346 e. The van der Waals surface area contributed by atoms with Crippen molar-refractivity contribution in [3.63, 3.8) is 0 Å². The maximum atomic E-state index is 14.0. The SMILES string of the molecule is C[C@@H](Cn1ccc(-c2cc(F)c(C#N)c(Cl)c2)n1)NC(=O)c1ccn(C2CC2)n1. The van der Waals surface area contributed by atoms with Crippen LogP contribution in [0.2, 0.25) is 5.02 Å². The van der Waals surface area contributed by atoms with E-state index >= 15 is 0 Å². The van der Waals surface area contributed by atoms with Crippen LogP contribution in [-0.2, 0) is 6.54 Å². The van der Waals surface area contributed by atoms with Gasteiger partial charge in [0.15, 0.2) is 0 Å². The summed E-state index contributed by atoms with van der Waals surface area (Å²) < 4.78 is 17.5. The lowest BCUT2D eigenvalue weighted by atomic mass is 10.1. The van der Waals surface area contributed by atoms with E-state index in [1.807, 2.05) is 17.8 Å². The van der Waals surface area contributed by atoms with E-state index in [2.05, 4.69) is 15.5 Å². The molecule has 1 aromatic carbocycles. The highest BCUT2D eigenvalue weighted by Crippen LogP contribution is 2.33. The van der Waals surface area contributed by atoms with E-state index in [0.717, 1.165) is 12.8 Å². The first kappa shape index (κ1) is 19.2. The van der Waals surface area contributed by atoms with Crippen LogP contribution in [0, 0.1) is 17.1 Å². The topological polar surface area (TPSA) is 88.5 Å². The minimum Gasteiger partial charge on any atom is -0.346 e. The monoisotopic (exact) mass is 412 g/mol. The molecule has 1 N–H and O–H groups in total. The molecule has 29 heavy (non-hydrogen) atoms. The van der Waals surface area contributed by atoms with Gasteiger partial charge < -0.3 is 5.32 Å². The molecule has 4 rings (SSSR count). The van der Waals surface area contributed by atoms with Crippen LogP contribution in [0.25, 0.3) is 11.3 Å². The fourth-order valence-corrected chi connectivity index (χ4v) is 3.32. The second-order valence-corrected chi connectivity index (χ2v) is 7.54. The first-order valence-corrected chi connectivity index (χ1v) is 9.61. The number of carbonyl (C=O) groups is 1. The van der Waals surface area contributed by atoms with Gasteiger partial charge in [-0.15, -0.1) is 0 Å². The number of amides is 1. The molecule has 148 valence electrons. The summed E-state index contributed by atoms with van der Waals surface area (Å²) in [5.41, 5.74) is 1.22. The predicted octanol–water partition coefficient (Wildman–Crippen LogP) is 3.56. The normalized spacial score (nSPS) is 14.4. The Hall–Kier alpha value is -3.18. The van der Waals surface area contributed by atoms with Crippen LogP contribution < -0.4 is 5.32 Å². The standard InChI is InChI=1S/C20H18ClFN6O/c1-12(24-20(29)19-5-7-28(26-19)14-2-3-14)11-27-6-4-18(25-27)13-8-16(21)15(10-23)17(22)9-13/h4-9,12,14H,2-3,11H2,1H3,(H,24,29)/t12-/m0/s1. The summed E-state index contributed by atoms with van der Waals surface area (Å²) in [6.45, 7) is 2.30. The number of benzene rings is 1. The van der Waals surface area contributed by atoms with Gasteiger partial charge in [0.2, 0.25) is 0 Å². The van der Waals surface area contributed by atoms with Gasteiger partial charge in [-0.2, -0.15) is 15.5 Å². The van der Waals surface area contributed by atoms with Gasteiger partial charge in [0.05, 0.1) is 23.3 Å². The van der Waals surface area contributed by atoms with Crippen molar-refractivity contribution >= 4 is 17.5 Å². The molecular weight excluding hydrogens is 395 g/mol.